The van der Waals surface area contributed by atoms with E-state index in [1.165, 1.54) is 0 Å². The van der Waals surface area contributed by atoms with Gasteiger partial charge in [-0.2, -0.15) is 0 Å². The second-order valence-corrected chi connectivity index (χ2v) is 4.56. The molecule has 0 atom stereocenters. The molecule has 1 heterocycles. The fourth-order valence-electron chi connectivity index (χ4n) is 2.70. The van der Waals surface area contributed by atoms with Crippen molar-refractivity contribution in [1.29, 1.82) is 0 Å². The highest BCUT2D eigenvalue weighted by molar-refractivity contribution is 5.57. The maximum absolute atomic E-state index is 9.98. The zero-order valence-electron chi connectivity index (χ0n) is 9.03. The van der Waals surface area contributed by atoms with Crippen molar-refractivity contribution in [2.75, 3.05) is 6.79 Å². The van der Waals surface area contributed by atoms with Gasteiger partial charge in [0.1, 0.15) is 5.75 Å². The average Bonchev–Trinajstić information content (AvgIpc) is 2.86. The van der Waals surface area contributed by atoms with Crippen LogP contribution < -0.4 is 15.2 Å². The summed E-state index contributed by atoms with van der Waals surface area (Å²) in [6, 6.07) is 3.36. The molecule has 0 aromatic heterocycles. The Morgan fingerprint density at radius 2 is 1.94 bits per heavy atom. The highest BCUT2D eigenvalue weighted by Crippen LogP contribution is 2.49. The molecule has 1 aromatic rings. The van der Waals surface area contributed by atoms with Crippen LogP contribution in [0, 0.1) is 0 Å². The van der Waals surface area contributed by atoms with Crippen molar-refractivity contribution in [3.05, 3.63) is 17.7 Å². The number of phenols is 1. The number of ether oxygens (including phenoxy) is 2. The van der Waals surface area contributed by atoms with Gasteiger partial charge < -0.3 is 20.3 Å². The number of phenolic OH excluding ortho intramolecular Hbond substituents is 1. The molecule has 4 nitrogen and oxygen atoms in total. The Morgan fingerprint density at radius 3 is 2.69 bits per heavy atom. The molecule has 4 heteroatoms. The average molecular weight is 221 g/mol. The van der Waals surface area contributed by atoms with E-state index in [1.54, 1.807) is 12.1 Å². The SMILES string of the molecule is NC1(c2c(O)ccc3c2OCO3)CCCC1. The van der Waals surface area contributed by atoms with E-state index in [-0.39, 0.29) is 12.5 Å². The monoisotopic (exact) mass is 221 g/mol. The summed E-state index contributed by atoms with van der Waals surface area (Å²) in [6.07, 6.45) is 3.97. The maximum Gasteiger partial charge on any atom is 0.231 e. The molecule has 0 unspecified atom stereocenters. The number of rotatable bonds is 1. The molecule has 2 aliphatic rings. The molecular weight excluding hydrogens is 206 g/mol. The molecule has 0 spiro atoms. The van der Waals surface area contributed by atoms with E-state index in [2.05, 4.69) is 0 Å². The lowest BCUT2D eigenvalue weighted by molar-refractivity contribution is 0.171. The summed E-state index contributed by atoms with van der Waals surface area (Å²) < 4.78 is 10.7. The van der Waals surface area contributed by atoms with Crippen LogP contribution in [0.25, 0.3) is 0 Å². The lowest BCUT2D eigenvalue weighted by atomic mass is 9.87. The molecule has 0 amide bonds. The topological polar surface area (TPSA) is 64.7 Å². The first-order valence-corrected chi connectivity index (χ1v) is 5.62. The van der Waals surface area contributed by atoms with Crippen molar-refractivity contribution >= 4 is 0 Å². The number of aromatic hydroxyl groups is 1. The summed E-state index contributed by atoms with van der Waals surface area (Å²) >= 11 is 0. The third kappa shape index (κ3) is 1.26. The van der Waals surface area contributed by atoms with Crippen LogP contribution in [0.2, 0.25) is 0 Å². The van der Waals surface area contributed by atoms with Crippen molar-refractivity contribution in [3.63, 3.8) is 0 Å². The molecular formula is C12H15NO3. The van der Waals surface area contributed by atoms with E-state index >= 15 is 0 Å². The van der Waals surface area contributed by atoms with Gasteiger partial charge in [0.25, 0.3) is 0 Å². The fraction of sp³-hybridized carbons (Fsp3) is 0.500. The van der Waals surface area contributed by atoms with E-state index < -0.39 is 5.54 Å². The summed E-state index contributed by atoms with van der Waals surface area (Å²) in [5.41, 5.74) is 6.63. The molecule has 86 valence electrons. The maximum atomic E-state index is 9.98. The van der Waals surface area contributed by atoms with Crippen LogP contribution >= 0.6 is 0 Å². The quantitative estimate of drug-likeness (QED) is 0.759. The van der Waals surface area contributed by atoms with E-state index in [0.717, 1.165) is 31.2 Å². The Morgan fingerprint density at radius 1 is 1.19 bits per heavy atom. The zero-order valence-corrected chi connectivity index (χ0v) is 9.03. The van der Waals surface area contributed by atoms with Gasteiger partial charge in [-0.25, -0.2) is 0 Å². The van der Waals surface area contributed by atoms with Crippen molar-refractivity contribution in [1.82, 2.24) is 0 Å². The van der Waals surface area contributed by atoms with E-state index in [4.69, 9.17) is 15.2 Å². The minimum atomic E-state index is -0.455. The van der Waals surface area contributed by atoms with Crippen LogP contribution in [0.4, 0.5) is 0 Å². The fourth-order valence-corrected chi connectivity index (χ4v) is 2.70. The van der Waals surface area contributed by atoms with E-state index in [9.17, 15) is 5.11 Å². The Balaban J connectivity index is 2.15. The van der Waals surface area contributed by atoms with Crippen LogP contribution in [-0.4, -0.2) is 11.9 Å². The van der Waals surface area contributed by atoms with Gasteiger partial charge in [-0.05, 0) is 25.0 Å². The third-order valence-corrected chi connectivity index (χ3v) is 3.51. The second-order valence-electron chi connectivity index (χ2n) is 4.56. The van der Waals surface area contributed by atoms with Gasteiger partial charge in [0, 0.05) is 5.54 Å². The van der Waals surface area contributed by atoms with Gasteiger partial charge in [0.15, 0.2) is 11.5 Å². The first-order valence-electron chi connectivity index (χ1n) is 5.62. The summed E-state index contributed by atoms with van der Waals surface area (Å²) in [6.45, 7) is 0.210. The van der Waals surface area contributed by atoms with Crippen LogP contribution in [0.5, 0.6) is 17.2 Å². The molecule has 1 fully saturated rings. The number of nitrogens with two attached hydrogens (primary N) is 1. The molecule has 1 aliphatic heterocycles. The number of hydrogen-bond acceptors (Lipinski definition) is 4. The van der Waals surface area contributed by atoms with Crippen LogP contribution in [-0.2, 0) is 5.54 Å². The molecule has 1 saturated carbocycles. The highest BCUT2D eigenvalue weighted by Gasteiger charge is 2.38. The predicted molar refractivity (Wildman–Crippen MR) is 58.6 cm³/mol. The first kappa shape index (κ1) is 9.78. The summed E-state index contributed by atoms with van der Waals surface area (Å²) in [5.74, 6) is 1.53. The molecule has 1 aromatic carbocycles. The Hall–Kier alpha value is -1.42. The molecule has 0 bridgehead atoms. The smallest absolute Gasteiger partial charge is 0.231 e. The first-order chi connectivity index (χ1) is 7.71. The molecule has 1 aliphatic carbocycles. The molecule has 16 heavy (non-hydrogen) atoms. The number of fused-ring (bicyclic) bond motifs is 1. The minimum Gasteiger partial charge on any atom is -0.507 e. The Bertz CT molecular complexity index is 425. The third-order valence-electron chi connectivity index (χ3n) is 3.51. The minimum absolute atomic E-state index is 0.210. The van der Waals surface area contributed by atoms with Crippen molar-refractivity contribution in [2.24, 2.45) is 5.73 Å². The van der Waals surface area contributed by atoms with Gasteiger partial charge in [-0.1, -0.05) is 12.8 Å². The summed E-state index contributed by atoms with van der Waals surface area (Å²) in [5, 5.41) is 9.98. The Labute approximate surface area is 94.0 Å². The van der Waals surface area contributed by atoms with Gasteiger partial charge in [0.05, 0.1) is 5.56 Å². The van der Waals surface area contributed by atoms with Gasteiger partial charge >= 0.3 is 0 Å². The van der Waals surface area contributed by atoms with Gasteiger partial charge in [-0.15, -0.1) is 0 Å². The van der Waals surface area contributed by atoms with Crippen molar-refractivity contribution in [3.8, 4) is 17.2 Å². The van der Waals surface area contributed by atoms with E-state index in [1.807, 2.05) is 0 Å². The van der Waals surface area contributed by atoms with Crippen LogP contribution in [0.3, 0.4) is 0 Å². The van der Waals surface area contributed by atoms with Gasteiger partial charge in [0.2, 0.25) is 6.79 Å². The summed E-state index contributed by atoms with van der Waals surface area (Å²) in [7, 11) is 0. The molecule has 0 saturated heterocycles. The zero-order chi connectivity index (χ0) is 11.2. The van der Waals surface area contributed by atoms with Crippen molar-refractivity contribution < 1.29 is 14.6 Å². The van der Waals surface area contributed by atoms with Gasteiger partial charge in [-0.3, -0.25) is 0 Å². The number of hydrogen-bond donors (Lipinski definition) is 2. The molecule has 3 rings (SSSR count). The standard InChI is InChI=1S/C12H15NO3/c13-12(5-1-2-6-12)10-8(14)3-4-9-11(10)16-7-15-9/h3-4,14H,1-2,5-7,13H2. The second kappa shape index (κ2) is 3.28. The van der Waals surface area contributed by atoms with E-state index in [0.29, 0.717) is 11.5 Å². The van der Waals surface area contributed by atoms with Crippen molar-refractivity contribution in [2.45, 2.75) is 31.2 Å². The molecule has 3 N–H and O–H groups in total. The summed E-state index contributed by atoms with van der Waals surface area (Å²) in [4.78, 5) is 0. The van der Waals surface area contributed by atoms with Crippen LogP contribution in [0.1, 0.15) is 31.2 Å². The lowest BCUT2D eigenvalue weighted by Crippen LogP contribution is -2.33. The largest absolute Gasteiger partial charge is 0.507 e. The number of benzene rings is 1. The Kier molecular flexibility index (Phi) is 2.01. The lowest BCUT2D eigenvalue weighted by Gasteiger charge is -2.26. The normalized spacial score (nSPS) is 21.3. The predicted octanol–water partition coefficient (Wildman–Crippen LogP) is 1.85. The highest BCUT2D eigenvalue weighted by atomic mass is 16.7. The molecule has 0 radical (unpaired) electrons. The van der Waals surface area contributed by atoms with Crippen LogP contribution in [0.15, 0.2) is 12.1 Å².